The molecule has 0 aliphatic rings. The number of hydrogen-bond acceptors (Lipinski definition) is 2. The summed E-state index contributed by atoms with van der Waals surface area (Å²) in [5.74, 6) is 0. The Balaban J connectivity index is 2.20. The first-order valence-electron chi connectivity index (χ1n) is 5.26. The number of benzene rings is 1. The lowest BCUT2D eigenvalue weighted by Gasteiger charge is -2.01. The number of aryl methyl sites for hydroxylation is 1. The van der Waals surface area contributed by atoms with E-state index < -0.39 is 0 Å². The molecule has 3 aromatic rings. The monoisotopic (exact) mass is 243 g/mol. The van der Waals surface area contributed by atoms with E-state index in [0.29, 0.717) is 0 Å². The van der Waals surface area contributed by atoms with Gasteiger partial charge in [0.25, 0.3) is 0 Å². The van der Waals surface area contributed by atoms with Crippen molar-refractivity contribution < 1.29 is 0 Å². The molecule has 0 spiro atoms. The molecule has 0 amide bonds. The predicted octanol–water partition coefficient (Wildman–Crippen LogP) is 3.29. The summed E-state index contributed by atoms with van der Waals surface area (Å²) in [4.78, 5) is 8.63. The van der Waals surface area contributed by atoms with Crippen molar-refractivity contribution in [3.8, 4) is 11.3 Å². The van der Waals surface area contributed by atoms with Crippen molar-refractivity contribution in [3.05, 3.63) is 48.0 Å². The molecular weight excluding hydrogens is 234 g/mol. The molecule has 17 heavy (non-hydrogen) atoms. The number of fused-ring (bicyclic) bond motifs is 1. The van der Waals surface area contributed by atoms with Gasteiger partial charge in [0.15, 0.2) is 0 Å². The summed E-state index contributed by atoms with van der Waals surface area (Å²) in [5.41, 5.74) is 2.88. The summed E-state index contributed by atoms with van der Waals surface area (Å²) >= 11 is 6.10. The van der Waals surface area contributed by atoms with Crippen LogP contribution in [-0.4, -0.2) is 14.5 Å². The Bertz CT molecular complexity index is 688. The Morgan fingerprint density at radius 2 is 2.06 bits per heavy atom. The quantitative estimate of drug-likeness (QED) is 0.657. The van der Waals surface area contributed by atoms with Crippen LogP contribution in [0.3, 0.4) is 0 Å². The van der Waals surface area contributed by atoms with Crippen LogP contribution in [0.15, 0.2) is 43.0 Å². The minimum Gasteiger partial charge on any atom is -0.340 e. The maximum atomic E-state index is 6.10. The topological polar surface area (TPSA) is 30.7 Å². The van der Waals surface area contributed by atoms with Crippen LogP contribution >= 0.6 is 11.6 Å². The SMILES string of the molecule is Cn1cnc(-c2ccc3c(Cl)ccnc3c2)c1. The fourth-order valence-electron chi connectivity index (χ4n) is 1.83. The van der Waals surface area contributed by atoms with Gasteiger partial charge < -0.3 is 4.57 Å². The lowest BCUT2D eigenvalue weighted by molar-refractivity contribution is 0.913. The van der Waals surface area contributed by atoms with Crippen LogP contribution in [-0.2, 0) is 7.05 Å². The Kier molecular flexibility index (Phi) is 2.34. The Labute approximate surface area is 104 Å². The fourth-order valence-corrected chi connectivity index (χ4v) is 2.05. The molecule has 1 aromatic carbocycles. The average molecular weight is 244 g/mol. The molecule has 84 valence electrons. The van der Waals surface area contributed by atoms with E-state index in [1.807, 2.05) is 36.0 Å². The fraction of sp³-hybridized carbons (Fsp3) is 0.0769. The molecule has 3 nitrogen and oxygen atoms in total. The normalized spacial score (nSPS) is 10.9. The van der Waals surface area contributed by atoms with Gasteiger partial charge in [-0.1, -0.05) is 23.7 Å². The van der Waals surface area contributed by atoms with E-state index >= 15 is 0 Å². The molecule has 0 N–H and O–H groups in total. The largest absolute Gasteiger partial charge is 0.340 e. The average Bonchev–Trinajstić information content (AvgIpc) is 2.76. The van der Waals surface area contributed by atoms with Gasteiger partial charge in [-0.05, 0) is 12.1 Å². The number of nitrogens with zero attached hydrogens (tertiary/aromatic N) is 3. The molecule has 2 aromatic heterocycles. The van der Waals surface area contributed by atoms with E-state index in [2.05, 4.69) is 9.97 Å². The van der Waals surface area contributed by atoms with Gasteiger partial charge >= 0.3 is 0 Å². The summed E-state index contributed by atoms with van der Waals surface area (Å²) in [5, 5.41) is 1.69. The lowest BCUT2D eigenvalue weighted by atomic mass is 10.1. The highest BCUT2D eigenvalue weighted by atomic mass is 35.5. The summed E-state index contributed by atoms with van der Waals surface area (Å²) in [6, 6.07) is 7.79. The molecule has 0 fully saturated rings. The third-order valence-corrected chi connectivity index (χ3v) is 3.02. The minimum absolute atomic E-state index is 0.725. The van der Waals surface area contributed by atoms with Gasteiger partial charge in [-0.3, -0.25) is 4.98 Å². The second-order valence-corrected chi connectivity index (χ2v) is 4.36. The van der Waals surface area contributed by atoms with Crippen molar-refractivity contribution in [1.82, 2.24) is 14.5 Å². The Hall–Kier alpha value is -1.87. The number of imidazole rings is 1. The van der Waals surface area contributed by atoms with Gasteiger partial charge in [-0.15, -0.1) is 0 Å². The van der Waals surface area contributed by atoms with Crippen LogP contribution in [0.2, 0.25) is 5.02 Å². The number of halogens is 1. The van der Waals surface area contributed by atoms with Crippen LogP contribution in [0.1, 0.15) is 0 Å². The molecule has 4 heteroatoms. The molecule has 0 bridgehead atoms. The zero-order valence-electron chi connectivity index (χ0n) is 9.26. The highest BCUT2D eigenvalue weighted by molar-refractivity contribution is 6.35. The Morgan fingerprint density at radius 1 is 1.18 bits per heavy atom. The van der Waals surface area contributed by atoms with Gasteiger partial charge in [-0.25, -0.2) is 4.98 Å². The first-order valence-corrected chi connectivity index (χ1v) is 5.64. The number of pyridine rings is 1. The summed E-state index contributed by atoms with van der Waals surface area (Å²) < 4.78 is 1.92. The zero-order valence-corrected chi connectivity index (χ0v) is 10.0. The standard InChI is InChI=1S/C13H10ClN3/c1-17-7-13(16-8-17)9-2-3-10-11(14)4-5-15-12(10)6-9/h2-8H,1H3. The van der Waals surface area contributed by atoms with Crippen molar-refractivity contribution >= 4 is 22.5 Å². The molecule has 0 saturated carbocycles. The van der Waals surface area contributed by atoms with E-state index in [0.717, 1.165) is 27.2 Å². The maximum Gasteiger partial charge on any atom is 0.0951 e. The highest BCUT2D eigenvalue weighted by Gasteiger charge is 2.04. The van der Waals surface area contributed by atoms with Crippen LogP contribution < -0.4 is 0 Å². The smallest absolute Gasteiger partial charge is 0.0951 e. The van der Waals surface area contributed by atoms with Crippen molar-refractivity contribution in [2.75, 3.05) is 0 Å². The number of rotatable bonds is 1. The summed E-state index contributed by atoms with van der Waals surface area (Å²) in [6.07, 6.45) is 5.48. The van der Waals surface area contributed by atoms with Gasteiger partial charge in [0, 0.05) is 30.4 Å². The first kappa shape index (κ1) is 10.3. The maximum absolute atomic E-state index is 6.10. The second kappa shape index (κ2) is 3.86. The number of hydrogen-bond donors (Lipinski definition) is 0. The number of aromatic nitrogens is 3. The third-order valence-electron chi connectivity index (χ3n) is 2.69. The molecule has 3 rings (SSSR count). The summed E-state index contributed by atoms with van der Waals surface area (Å²) in [7, 11) is 1.95. The van der Waals surface area contributed by atoms with Crippen LogP contribution in [0, 0.1) is 0 Å². The molecular formula is C13H10ClN3. The van der Waals surface area contributed by atoms with Gasteiger partial charge in [0.2, 0.25) is 0 Å². The predicted molar refractivity (Wildman–Crippen MR) is 69.0 cm³/mol. The van der Waals surface area contributed by atoms with Crippen molar-refractivity contribution in [3.63, 3.8) is 0 Å². The lowest BCUT2D eigenvalue weighted by Crippen LogP contribution is -1.83. The zero-order chi connectivity index (χ0) is 11.8. The van der Waals surface area contributed by atoms with Crippen LogP contribution in [0.5, 0.6) is 0 Å². The molecule has 0 aliphatic heterocycles. The molecule has 0 saturated heterocycles. The first-order chi connectivity index (χ1) is 8.24. The molecule has 2 heterocycles. The molecule has 0 atom stereocenters. The van der Waals surface area contributed by atoms with Gasteiger partial charge in [0.05, 0.1) is 22.6 Å². The molecule has 0 aliphatic carbocycles. The van der Waals surface area contributed by atoms with E-state index in [9.17, 15) is 0 Å². The van der Waals surface area contributed by atoms with Gasteiger partial charge in [0.1, 0.15) is 0 Å². The second-order valence-electron chi connectivity index (χ2n) is 3.95. The molecule has 0 radical (unpaired) electrons. The van der Waals surface area contributed by atoms with Crippen molar-refractivity contribution in [1.29, 1.82) is 0 Å². The van der Waals surface area contributed by atoms with Gasteiger partial charge in [-0.2, -0.15) is 0 Å². The Morgan fingerprint density at radius 3 is 2.82 bits per heavy atom. The van der Waals surface area contributed by atoms with E-state index in [-0.39, 0.29) is 0 Å². The summed E-state index contributed by atoms with van der Waals surface area (Å²) in [6.45, 7) is 0. The minimum atomic E-state index is 0.725. The van der Waals surface area contributed by atoms with E-state index in [1.54, 1.807) is 18.6 Å². The third kappa shape index (κ3) is 1.78. The van der Waals surface area contributed by atoms with Crippen LogP contribution in [0.4, 0.5) is 0 Å². The van der Waals surface area contributed by atoms with Crippen molar-refractivity contribution in [2.45, 2.75) is 0 Å². The molecule has 0 unspecified atom stereocenters. The van der Waals surface area contributed by atoms with E-state index in [1.165, 1.54) is 0 Å². The van der Waals surface area contributed by atoms with E-state index in [4.69, 9.17) is 11.6 Å². The van der Waals surface area contributed by atoms with Crippen LogP contribution in [0.25, 0.3) is 22.2 Å². The highest BCUT2D eigenvalue weighted by Crippen LogP contribution is 2.26. The van der Waals surface area contributed by atoms with Crippen molar-refractivity contribution in [2.24, 2.45) is 7.05 Å².